The average Bonchev–Trinajstić information content (AvgIpc) is 2.86. The van der Waals surface area contributed by atoms with Crippen molar-refractivity contribution in [3.8, 4) is 0 Å². The molecule has 1 saturated heterocycles. The minimum Gasteiger partial charge on any atom is -0.407 e. The number of hydrogen-bond donors (Lipinski definition) is 1. The van der Waals surface area contributed by atoms with E-state index >= 15 is 0 Å². The van der Waals surface area contributed by atoms with Gasteiger partial charge in [-0.1, -0.05) is 18.9 Å². The summed E-state index contributed by atoms with van der Waals surface area (Å²) in [7, 11) is 0. The van der Waals surface area contributed by atoms with E-state index in [2.05, 4.69) is 28.9 Å². The SMILES string of the molecule is CC(C)C1CCN(c2nnc(CN)o2)C1. The zero-order chi connectivity index (χ0) is 10.8. The van der Waals surface area contributed by atoms with Crippen LogP contribution < -0.4 is 10.6 Å². The van der Waals surface area contributed by atoms with Gasteiger partial charge in [-0.05, 0) is 18.3 Å². The fourth-order valence-electron chi connectivity index (χ4n) is 1.96. The van der Waals surface area contributed by atoms with Crippen LogP contribution in [0.2, 0.25) is 0 Å². The van der Waals surface area contributed by atoms with Crippen LogP contribution in [0.3, 0.4) is 0 Å². The molecule has 1 aromatic rings. The van der Waals surface area contributed by atoms with Gasteiger partial charge in [0.25, 0.3) is 0 Å². The summed E-state index contributed by atoms with van der Waals surface area (Å²) in [6.45, 7) is 6.86. The highest BCUT2D eigenvalue weighted by atomic mass is 16.4. The second kappa shape index (κ2) is 4.18. The second-order valence-electron chi connectivity index (χ2n) is 4.42. The largest absolute Gasteiger partial charge is 0.407 e. The number of nitrogens with two attached hydrogens (primary N) is 1. The molecule has 1 fully saturated rings. The van der Waals surface area contributed by atoms with Crippen molar-refractivity contribution in [2.75, 3.05) is 18.0 Å². The van der Waals surface area contributed by atoms with E-state index in [1.54, 1.807) is 0 Å². The van der Waals surface area contributed by atoms with E-state index in [1.807, 2.05) is 0 Å². The first kappa shape index (κ1) is 10.4. The topological polar surface area (TPSA) is 68.2 Å². The molecule has 0 aliphatic carbocycles. The lowest BCUT2D eigenvalue weighted by Gasteiger charge is -2.15. The lowest BCUT2D eigenvalue weighted by atomic mass is 9.95. The maximum Gasteiger partial charge on any atom is 0.318 e. The normalized spacial score (nSPS) is 21.6. The number of anilines is 1. The van der Waals surface area contributed by atoms with Crippen molar-refractivity contribution in [1.82, 2.24) is 10.2 Å². The molecular formula is C10H18N4O. The van der Waals surface area contributed by atoms with Gasteiger partial charge in [-0.2, -0.15) is 0 Å². The smallest absolute Gasteiger partial charge is 0.318 e. The van der Waals surface area contributed by atoms with Crippen LogP contribution in [0.1, 0.15) is 26.2 Å². The lowest BCUT2D eigenvalue weighted by Crippen LogP contribution is -2.21. The third kappa shape index (κ3) is 2.12. The first-order valence-electron chi connectivity index (χ1n) is 5.48. The van der Waals surface area contributed by atoms with Crippen molar-refractivity contribution < 1.29 is 4.42 Å². The highest BCUT2D eigenvalue weighted by molar-refractivity contribution is 5.26. The molecule has 1 unspecified atom stereocenters. The first-order chi connectivity index (χ1) is 7.20. The Hall–Kier alpha value is -1.10. The summed E-state index contributed by atoms with van der Waals surface area (Å²) in [6.07, 6.45) is 1.21. The molecule has 15 heavy (non-hydrogen) atoms. The molecule has 1 atom stereocenters. The van der Waals surface area contributed by atoms with Crippen LogP contribution in [0.15, 0.2) is 4.42 Å². The molecule has 5 nitrogen and oxygen atoms in total. The van der Waals surface area contributed by atoms with E-state index in [4.69, 9.17) is 10.2 Å². The fraction of sp³-hybridized carbons (Fsp3) is 0.800. The zero-order valence-electron chi connectivity index (χ0n) is 9.31. The first-order valence-corrected chi connectivity index (χ1v) is 5.48. The Bertz CT molecular complexity index is 323. The Balaban J connectivity index is 2.01. The fourth-order valence-corrected chi connectivity index (χ4v) is 1.96. The van der Waals surface area contributed by atoms with Crippen molar-refractivity contribution in [2.45, 2.75) is 26.8 Å². The molecule has 1 aliphatic heterocycles. The summed E-state index contributed by atoms with van der Waals surface area (Å²) < 4.78 is 5.42. The summed E-state index contributed by atoms with van der Waals surface area (Å²) in [5.74, 6) is 1.96. The molecule has 2 rings (SSSR count). The molecule has 0 aromatic carbocycles. The highest BCUT2D eigenvalue weighted by Crippen LogP contribution is 2.27. The molecule has 0 spiro atoms. The number of aromatic nitrogens is 2. The second-order valence-corrected chi connectivity index (χ2v) is 4.42. The van der Waals surface area contributed by atoms with Gasteiger partial charge in [0.1, 0.15) is 0 Å². The molecule has 1 aromatic heterocycles. The van der Waals surface area contributed by atoms with E-state index in [-0.39, 0.29) is 0 Å². The molecule has 1 aliphatic rings. The monoisotopic (exact) mass is 210 g/mol. The molecule has 2 heterocycles. The Morgan fingerprint density at radius 3 is 2.87 bits per heavy atom. The molecular weight excluding hydrogens is 192 g/mol. The summed E-state index contributed by atoms with van der Waals surface area (Å²) in [5, 5.41) is 7.86. The molecule has 84 valence electrons. The van der Waals surface area contributed by atoms with Gasteiger partial charge in [-0.25, -0.2) is 0 Å². The average molecular weight is 210 g/mol. The number of hydrogen-bond acceptors (Lipinski definition) is 5. The third-order valence-electron chi connectivity index (χ3n) is 3.07. The van der Waals surface area contributed by atoms with Crippen LogP contribution in [0.4, 0.5) is 6.01 Å². The maximum absolute atomic E-state index is 5.42. The van der Waals surface area contributed by atoms with Gasteiger partial charge in [-0.3, -0.25) is 0 Å². The molecule has 0 saturated carbocycles. The van der Waals surface area contributed by atoms with Gasteiger partial charge < -0.3 is 15.1 Å². The predicted molar refractivity (Wildman–Crippen MR) is 57.3 cm³/mol. The Morgan fingerprint density at radius 2 is 2.33 bits per heavy atom. The summed E-state index contributed by atoms with van der Waals surface area (Å²) in [5.41, 5.74) is 5.42. The van der Waals surface area contributed by atoms with Crippen LogP contribution in [-0.2, 0) is 6.54 Å². The van der Waals surface area contributed by atoms with Gasteiger partial charge in [0.15, 0.2) is 0 Å². The quantitative estimate of drug-likeness (QED) is 0.806. The lowest BCUT2D eigenvalue weighted by molar-refractivity contribution is 0.419. The van der Waals surface area contributed by atoms with Crippen LogP contribution in [0, 0.1) is 11.8 Å². The van der Waals surface area contributed by atoms with Crippen molar-refractivity contribution in [3.63, 3.8) is 0 Å². The van der Waals surface area contributed by atoms with E-state index < -0.39 is 0 Å². The Kier molecular flexibility index (Phi) is 2.90. The Morgan fingerprint density at radius 1 is 1.53 bits per heavy atom. The minimum atomic E-state index is 0.314. The van der Waals surface area contributed by atoms with E-state index in [1.165, 1.54) is 6.42 Å². The van der Waals surface area contributed by atoms with Gasteiger partial charge in [0.05, 0.1) is 6.54 Å². The van der Waals surface area contributed by atoms with E-state index in [0.29, 0.717) is 24.4 Å². The van der Waals surface area contributed by atoms with E-state index in [9.17, 15) is 0 Å². The minimum absolute atomic E-state index is 0.314. The third-order valence-corrected chi connectivity index (χ3v) is 3.07. The van der Waals surface area contributed by atoms with Crippen LogP contribution >= 0.6 is 0 Å². The van der Waals surface area contributed by atoms with Crippen molar-refractivity contribution in [3.05, 3.63) is 5.89 Å². The van der Waals surface area contributed by atoms with Crippen molar-refractivity contribution in [1.29, 1.82) is 0 Å². The standard InChI is InChI=1S/C10H18N4O/c1-7(2)8-3-4-14(6-8)10-13-12-9(5-11)15-10/h7-8H,3-6,11H2,1-2H3. The molecule has 2 N–H and O–H groups in total. The summed E-state index contributed by atoms with van der Waals surface area (Å²) in [4.78, 5) is 2.15. The van der Waals surface area contributed by atoms with E-state index in [0.717, 1.165) is 19.0 Å². The summed E-state index contributed by atoms with van der Waals surface area (Å²) >= 11 is 0. The van der Waals surface area contributed by atoms with Gasteiger partial charge in [-0.15, -0.1) is 5.10 Å². The van der Waals surface area contributed by atoms with Crippen molar-refractivity contribution >= 4 is 6.01 Å². The van der Waals surface area contributed by atoms with Gasteiger partial charge in [0, 0.05) is 13.1 Å². The molecule has 0 amide bonds. The van der Waals surface area contributed by atoms with Gasteiger partial charge >= 0.3 is 6.01 Å². The maximum atomic E-state index is 5.42. The number of nitrogens with zero attached hydrogens (tertiary/aromatic N) is 3. The predicted octanol–water partition coefficient (Wildman–Crippen LogP) is 1.01. The van der Waals surface area contributed by atoms with Crippen LogP contribution in [-0.4, -0.2) is 23.3 Å². The summed E-state index contributed by atoms with van der Waals surface area (Å²) in [6, 6.07) is 0.624. The Labute approximate surface area is 89.6 Å². The van der Waals surface area contributed by atoms with Crippen molar-refractivity contribution in [2.24, 2.45) is 17.6 Å². The van der Waals surface area contributed by atoms with Gasteiger partial charge in [0.2, 0.25) is 5.89 Å². The molecule has 0 bridgehead atoms. The number of rotatable bonds is 3. The zero-order valence-corrected chi connectivity index (χ0v) is 9.31. The molecule has 0 radical (unpaired) electrons. The van der Waals surface area contributed by atoms with Crippen LogP contribution in [0.5, 0.6) is 0 Å². The highest BCUT2D eigenvalue weighted by Gasteiger charge is 2.27. The molecule has 5 heteroatoms. The van der Waals surface area contributed by atoms with Crippen LogP contribution in [0.25, 0.3) is 0 Å².